The van der Waals surface area contributed by atoms with Crippen molar-refractivity contribution in [2.75, 3.05) is 20.3 Å². The molecule has 8 nitrogen and oxygen atoms in total. The van der Waals surface area contributed by atoms with Gasteiger partial charge in [-0.3, -0.25) is 10.1 Å². The Bertz CT molecular complexity index is 875. The first kappa shape index (κ1) is 22.1. The Kier molecular flexibility index (Phi) is 7.53. The van der Waals surface area contributed by atoms with Gasteiger partial charge in [0.2, 0.25) is 0 Å². The maximum absolute atomic E-state index is 11.1. The van der Waals surface area contributed by atoms with Gasteiger partial charge in [-0.05, 0) is 50.1 Å². The van der Waals surface area contributed by atoms with Crippen molar-refractivity contribution in [3.05, 3.63) is 63.7 Å². The normalized spacial score (nSPS) is 12.1. The smallest absolute Gasteiger partial charge is 0.312 e. The Balaban J connectivity index is 1.88. The van der Waals surface area contributed by atoms with Gasteiger partial charge < -0.3 is 19.9 Å². The van der Waals surface area contributed by atoms with Crippen LogP contribution in [0.4, 0.5) is 5.69 Å². The summed E-state index contributed by atoms with van der Waals surface area (Å²) in [5.74, 6) is 0.814. The first-order chi connectivity index (χ1) is 13.7. The lowest BCUT2D eigenvalue weighted by molar-refractivity contribution is -0.385. The minimum Gasteiger partial charge on any atom is -0.497 e. The molecule has 0 aliphatic carbocycles. The number of hydrogen-bond donors (Lipinski definition) is 2. The largest absolute Gasteiger partial charge is 0.497 e. The van der Waals surface area contributed by atoms with Gasteiger partial charge in [0.1, 0.15) is 18.5 Å². The molecular weight excluding hydrogens is 374 g/mol. The Morgan fingerprint density at radius 1 is 1.28 bits per heavy atom. The second-order valence-corrected chi connectivity index (χ2v) is 7.31. The minimum atomic E-state index is -0.861. The van der Waals surface area contributed by atoms with E-state index in [0.29, 0.717) is 0 Å². The fourth-order valence-corrected chi connectivity index (χ4v) is 2.81. The zero-order valence-electron chi connectivity index (χ0n) is 16.7. The summed E-state index contributed by atoms with van der Waals surface area (Å²) < 4.78 is 10.6. The number of aliphatic hydroxyl groups is 1. The number of hydrogen-bond acceptors (Lipinski definition) is 7. The summed E-state index contributed by atoms with van der Waals surface area (Å²) in [4.78, 5) is 10.5. The average Bonchev–Trinajstić information content (AvgIpc) is 2.71. The van der Waals surface area contributed by atoms with Crippen molar-refractivity contribution < 1.29 is 19.5 Å². The molecular formula is C21H25N3O5. The SMILES string of the molecule is COc1ccc(CC(C)(C)NCC(O)COc2ccc(C#N)cc2[N+](=O)[O-])cc1. The second kappa shape index (κ2) is 9.87. The number of rotatable bonds is 10. The highest BCUT2D eigenvalue weighted by atomic mass is 16.6. The molecule has 1 unspecified atom stereocenters. The quantitative estimate of drug-likeness (QED) is 0.466. The minimum absolute atomic E-state index is 0.0190. The summed E-state index contributed by atoms with van der Waals surface area (Å²) in [5.41, 5.74) is 0.716. The second-order valence-electron chi connectivity index (χ2n) is 7.31. The highest BCUT2D eigenvalue weighted by Crippen LogP contribution is 2.27. The highest BCUT2D eigenvalue weighted by molar-refractivity contribution is 5.51. The number of aliphatic hydroxyl groups excluding tert-OH is 1. The number of nitriles is 1. The van der Waals surface area contributed by atoms with Crippen LogP contribution in [0.15, 0.2) is 42.5 Å². The molecule has 0 heterocycles. The van der Waals surface area contributed by atoms with Crippen molar-refractivity contribution in [3.8, 4) is 17.6 Å². The fraction of sp³-hybridized carbons (Fsp3) is 0.381. The number of β-amino-alcohol motifs (C(OH)–C–C–N with tert-alkyl or cyclic N) is 1. The predicted octanol–water partition coefficient (Wildman–Crippen LogP) is 2.83. The first-order valence-electron chi connectivity index (χ1n) is 9.11. The summed E-state index contributed by atoms with van der Waals surface area (Å²) in [7, 11) is 1.62. The van der Waals surface area contributed by atoms with Crippen LogP contribution < -0.4 is 14.8 Å². The molecule has 154 valence electrons. The van der Waals surface area contributed by atoms with E-state index in [1.807, 2.05) is 44.2 Å². The fourth-order valence-electron chi connectivity index (χ4n) is 2.81. The summed E-state index contributed by atoms with van der Waals surface area (Å²) >= 11 is 0. The Morgan fingerprint density at radius 3 is 2.55 bits per heavy atom. The zero-order chi connectivity index (χ0) is 21.4. The molecule has 2 N–H and O–H groups in total. The topological polar surface area (TPSA) is 118 Å². The van der Waals surface area contributed by atoms with Crippen molar-refractivity contribution in [1.29, 1.82) is 5.26 Å². The van der Waals surface area contributed by atoms with Gasteiger partial charge in [0, 0.05) is 18.2 Å². The van der Waals surface area contributed by atoms with Crippen LogP contribution in [0.25, 0.3) is 0 Å². The molecule has 0 amide bonds. The van der Waals surface area contributed by atoms with Crippen LogP contribution in [0, 0.1) is 21.4 Å². The van der Waals surface area contributed by atoms with Crippen molar-refractivity contribution in [3.63, 3.8) is 0 Å². The van der Waals surface area contributed by atoms with Gasteiger partial charge in [-0.25, -0.2) is 0 Å². The molecule has 29 heavy (non-hydrogen) atoms. The molecule has 0 bridgehead atoms. The molecule has 0 saturated heterocycles. The third-order valence-corrected chi connectivity index (χ3v) is 4.34. The number of nitrogens with one attached hydrogen (secondary N) is 1. The number of methoxy groups -OCH3 is 1. The molecule has 2 aromatic rings. The van der Waals surface area contributed by atoms with E-state index in [2.05, 4.69) is 5.32 Å². The van der Waals surface area contributed by atoms with E-state index < -0.39 is 11.0 Å². The van der Waals surface area contributed by atoms with Gasteiger partial charge in [0.05, 0.1) is 23.7 Å². The van der Waals surface area contributed by atoms with Gasteiger partial charge >= 0.3 is 5.69 Å². The summed E-state index contributed by atoms with van der Waals surface area (Å²) in [6.07, 6.45) is -0.119. The van der Waals surface area contributed by atoms with Crippen molar-refractivity contribution >= 4 is 5.69 Å². The van der Waals surface area contributed by atoms with E-state index in [-0.39, 0.29) is 35.7 Å². The molecule has 0 fully saturated rings. The van der Waals surface area contributed by atoms with Crippen molar-refractivity contribution in [2.45, 2.75) is 31.9 Å². The molecule has 2 rings (SSSR count). The molecule has 0 aliphatic rings. The van der Waals surface area contributed by atoms with E-state index in [9.17, 15) is 15.2 Å². The van der Waals surface area contributed by atoms with Crippen LogP contribution in [0.1, 0.15) is 25.0 Å². The van der Waals surface area contributed by atoms with Crippen molar-refractivity contribution in [1.82, 2.24) is 5.32 Å². The standard InChI is InChI=1S/C21H25N3O5/c1-21(2,11-15-4-7-18(28-3)8-5-15)23-13-17(25)14-29-20-9-6-16(12-22)10-19(20)24(26)27/h4-10,17,23,25H,11,13-14H2,1-3H3. The lowest BCUT2D eigenvalue weighted by atomic mass is 9.94. The van der Waals surface area contributed by atoms with Crippen LogP contribution in [0.3, 0.4) is 0 Å². The van der Waals surface area contributed by atoms with E-state index in [0.717, 1.165) is 23.8 Å². The summed E-state index contributed by atoms with van der Waals surface area (Å²) in [5, 5.41) is 33.5. The molecule has 0 spiro atoms. The van der Waals surface area contributed by atoms with Gasteiger partial charge in [-0.1, -0.05) is 12.1 Å². The highest BCUT2D eigenvalue weighted by Gasteiger charge is 2.21. The average molecular weight is 399 g/mol. The van der Waals surface area contributed by atoms with Gasteiger partial charge in [-0.2, -0.15) is 5.26 Å². The number of nitro benzene ring substituents is 1. The van der Waals surface area contributed by atoms with E-state index >= 15 is 0 Å². The van der Waals surface area contributed by atoms with E-state index in [1.165, 1.54) is 12.1 Å². The van der Waals surface area contributed by atoms with Crippen LogP contribution in [0.5, 0.6) is 11.5 Å². The van der Waals surface area contributed by atoms with Crippen LogP contribution >= 0.6 is 0 Å². The Morgan fingerprint density at radius 2 is 1.97 bits per heavy atom. The van der Waals surface area contributed by atoms with Crippen molar-refractivity contribution in [2.24, 2.45) is 0 Å². The maximum atomic E-state index is 11.1. The molecule has 0 radical (unpaired) electrons. The van der Waals surface area contributed by atoms with Crippen LogP contribution in [-0.4, -0.2) is 41.9 Å². The lowest BCUT2D eigenvalue weighted by Gasteiger charge is -2.28. The third-order valence-electron chi connectivity index (χ3n) is 4.34. The third kappa shape index (κ3) is 6.75. The first-order valence-corrected chi connectivity index (χ1v) is 9.11. The van der Waals surface area contributed by atoms with E-state index in [4.69, 9.17) is 14.7 Å². The van der Waals surface area contributed by atoms with Gasteiger partial charge in [0.15, 0.2) is 5.75 Å². The number of nitrogens with zero attached hydrogens (tertiary/aromatic N) is 2. The summed E-state index contributed by atoms with van der Waals surface area (Å²) in [6, 6.07) is 13.6. The van der Waals surface area contributed by atoms with Gasteiger partial charge in [0.25, 0.3) is 0 Å². The molecule has 8 heteroatoms. The molecule has 2 aromatic carbocycles. The Labute approximate surface area is 169 Å². The molecule has 0 saturated carbocycles. The number of nitro groups is 1. The predicted molar refractivity (Wildman–Crippen MR) is 108 cm³/mol. The lowest BCUT2D eigenvalue weighted by Crippen LogP contribution is -2.46. The number of ether oxygens (including phenoxy) is 2. The maximum Gasteiger partial charge on any atom is 0.312 e. The van der Waals surface area contributed by atoms with Gasteiger partial charge in [-0.15, -0.1) is 0 Å². The Hall–Kier alpha value is -3.15. The number of benzene rings is 2. The molecule has 1 atom stereocenters. The van der Waals surface area contributed by atoms with Crippen LogP contribution in [0.2, 0.25) is 0 Å². The zero-order valence-corrected chi connectivity index (χ0v) is 16.7. The summed E-state index contributed by atoms with van der Waals surface area (Å²) in [6.45, 7) is 4.19. The molecule has 0 aliphatic heterocycles. The monoisotopic (exact) mass is 399 g/mol. The van der Waals surface area contributed by atoms with E-state index in [1.54, 1.807) is 7.11 Å². The molecule has 0 aromatic heterocycles. The van der Waals surface area contributed by atoms with Crippen LogP contribution in [-0.2, 0) is 6.42 Å².